The van der Waals surface area contributed by atoms with Crippen molar-refractivity contribution in [1.82, 2.24) is 10.3 Å². The molecular formula is C18H32N4O3. The largest absolute Gasteiger partial charge is 0.478 e. The van der Waals surface area contributed by atoms with Gasteiger partial charge in [0.2, 0.25) is 11.8 Å². The SMILES string of the molecule is CCCN(CCC)c1cc(NC)nc(OCCCC(=O)NCCO)c1. The molecule has 1 heterocycles. The molecule has 0 aromatic carbocycles. The minimum absolute atomic E-state index is 0.0439. The van der Waals surface area contributed by atoms with E-state index in [1.165, 1.54) is 0 Å². The maximum Gasteiger partial charge on any atom is 0.220 e. The Hall–Kier alpha value is -2.02. The number of anilines is 2. The number of aliphatic hydroxyl groups excluding tert-OH is 1. The third-order valence-corrected chi connectivity index (χ3v) is 3.63. The first kappa shape index (κ1) is 21.0. The lowest BCUT2D eigenvalue weighted by atomic mass is 10.2. The Balaban J connectivity index is 2.63. The number of carbonyl (C=O) groups is 1. The predicted octanol–water partition coefficient (Wildman–Crippen LogP) is 2.02. The Kier molecular flexibility index (Phi) is 10.4. The topological polar surface area (TPSA) is 86.7 Å². The summed E-state index contributed by atoms with van der Waals surface area (Å²) in [5.74, 6) is 1.26. The zero-order chi connectivity index (χ0) is 18.5. The fourth-order valence-corrected chi connectivity index (χ4v) is 2.48. The number of carbonyl (C=O) groups excluding carboxylic acids is 1. The summed E-state index contributed by atoms with van der Waals surface area (Å²) in [6.45, 7) is 6.99. The van der Waals surface area contributed by atoms with Crippen LogP contribution in [0.25, 0.3) is 0 Å². The van der Waals surface area contributed by atoms with Crippen molar-refractivity contribution in [1.29, 1.82) is 0 Å². The van der Waals surface area contributed by atoms with Crippen molar-refractivity contribution in [2.24, 2.45) is 0 Å². The van der Waals surface area contributed by atoms with Crippen molar-refractivity contribution < 1.29 is 14.6 Å². The summed E-state index contributed by atoms with van der Waals surface area (Å²) in [6.07, 6.45) is 3.13. The average Bonchev–Trinajstić information content (AvgIpc) is 2.63. The maximum atomic E-state index is 11.5. The molecule has 1 amide bonds. The smallest absolute Gasteiger partial charge is 0.220 e. The number of amides is 1. The molecule has 0 aliphatic heterocycles. The lowest BCUT2D eigenvalue weighted by Crippen LogP contribution is -2.26. The number of aromatic nitrogens is 1. The first-order valence-corrected chi connectivity index (χ1v) is 9.09. The summed E-state index contributed by atoms with van der Waals surface area (Å²) in [4.78, 5) is 18.2. The van der Waals surface area contributed by atoms with E-state index in [9.17, 15) is 4.79 Å². The van der Waals surface area contributed by atoms with Crippen molar-refractivity contribution in [3.8, 4) is 5.88 Å². The number of rotatable bonds is 13. The fraction of sp³-hybridized carbons (Fsp3) is 0.667. The van der Waals surface area contributed by atoms with E-state index in [-0.39, 0.29) is 12.5 Å². The summed E-state index contributed by atoms with van der Waals surface area (Å²) in [7, 11) is 1.84. The molecule has 0 spiro atoms. The number of hydrogen-bond donors (Lipinski definition) is 3. The third-order valence-electron chi connectivity index (χ3n) is 3.63. The lowest BCUT2D eigenvalue weighted by molar-refractivity contribution is -0.121. The van der Waals surface area contributed by atoms with Gasteiger partial charge in [0, 0.05) is 50.9 Å². The molecule has 1 rings (SSSR count). The van der Waals surface area contributed by atoms with Gasteiger partial charge in [-0.3, -0.25) is 4.79 Å². The monoisotopic (exact) mass is 352 g/mol. The molecule has 0 unspecified atom stereocenters. The van der Waals surface area contributed by atoms with Crippen molar-refractivity contribution in [3.63, 3.8) is 0 Å². The van der Waals surface area contributed by atoms with E-state index in [4.69, 9.17) is 9.84 Å². The molecule has 0 aliphatic carbocycles. The second-order valence-corrected chi connectivity index (χ2v) is 5.81. The molecule has 0 atom stereocenters. The zero-order valence-electron chi connectivity index (χ0n) is 15.7. The predicted molar refractivity (Wildman–Crippen MR) is 101 cm³/mol. The molecule has 0 bridgehead atoms. The minimum Gasteiger partial charge on any atom is -0.478 e. The third kappa shape index (κ3) is 8.07. The van der Waals surface area contributed by atoms with E-state index >= 15 is 0 Å². The van der Waals surface area contributed by atoms with E-state index in [0.29, 0.717) is 31.9 Å². The Morgan fingerprint density at radius 2 is 2.00 bits per heavy atom. The molecule has 7 heteroatoms. The molecular weight excluding hydrogens is 320 g/mol. The highest BCUT2D eigenvalue weighted by molar-refractivity contribution is 5.75. The quantitative estimate of drug-likeness (QED) is 0.471. The number of nitrogens with one attached hydrogen (secondary N) is 2. The van der Waals surface area contributed by atoms with Crippen LogP contribution >= 0.6 is 0 Å². The molecule has 0 saturated heterocycles. The van der Waals surface area contributed by atoms with E-state index in [0.717, 1.165) is 37.4 Å². The van der Waals surface area contributed by atoms with Gasteiger partial charge in [0.05, 0.1) is 13.2 Å². The highest BCUT2D eigenvalue weighted by Gasteiger charge is 2.10. The molecule has 1 aromatic heterocycles. The first-order valence-electron chi connectivity index (χ1n) is 9.09. The van der Waals surface area contributed by atoms with Gasteiger partial charge in [-0.2, -0.15) is 4.98 Å². The van der Waals surface area contributed by atoms with Crippen LogP contribution in [0.5, 0.6) is 5.88 Å². The maximum absolute atomic E-state index is 11.5. The Labute approximate surface area is 150 Å². The molecule has 25 heavy (non-hydrogen) atoms. The highest BCUT2D eigenvalue weighted by Crippen LogP contribution is 2.24. The van der Waals surface area contributed by atoms with Gasteiger partial charge in [-0.15, -0.1) is 0 Å². The van der Waals surface area contributed by atoms with Crippen molar-refractivity contribution >= 4 is 17.4 Å². The van der Waals surface area contributed by atoms with E-state index in [2.05, 4.69) is 34.4 Å². The molecule has 1 aromatic rings. The average molecular weight is 352 g/mol. The van der Waals surface area contributed by atoms with Crippen molar-refractivity contribution in [2.75, 3.05) is 50.1 Å². The first-order chi connectivity index (χ1) is 12.1. The van der Waals surface area contributed by atoms with Gasteiger partial charge in [0.25, 0.3) is 0 Å². The fourth-order valence-electron chi connectivity index (χ4n) is 2.48. The summed E-state index contributed by atoms with van der Waals surface area (Å²) < 4.78 is 5.74. The Morgan fingerprint density at radius 1 is 1.28 bits per heavy atom. The summed E-state index contributed by atoms with van der Waals surface area (Å²) >= 11 is 0. The molecule has 0 radical (unpaired) electrons. The summed E-state index contributed by atoms with van der Waals surface area (Å²) in [5.41, 5.74) is 1.10. The van der Waals surface area contributed by atoms with Gasteiger partial charge in [-0.25, -0.2) is 0 Å². The standard InChI is InChI=1S/C18H32N4O3/c1-4-9-22(10-5-2)15-13-16(19-3)21-18(14-15)25-12-6-7-17(24)20-8-11-23/h13-14,23H,4-12H2,1-3H3,(H,19,21)(H,20,24). The van der Waals surface area contributed by atoms with Gasteiger partial charge < -0.3 is 25.4 Å². The van der Waals surface area contributed by atoms with E-state index in [1.807, 2.05) is 19.2 Å². The Bertz CT molecular complexity index is 505. The summed E-state index contributed by atoms with van der Waals surface area (Å²) in [5, 5.41) is 14.4. The number of aliphatic hydroxyl groups is 1. The van der Waals surface area contributed by atoms with Crippen LogP contribution in [0.4, 0.5) is 11.5 Å². The molecule has 142 valence electrons. The zero-order valence-corrected chi connectivity index (χ0v) is 15.7. The highest BCUT2D eigenvalue weighted by atomic mass is 16.5. The van der Waals surface area contributed by atoms with E-state index in [1.54, 1.807) is 0 Å². The van der Waals surface area contributed by atoms with Crippen LogP contribution in [0, 0.1) is 0 Å². The van der Waals surface area contributed by atoms with Crippen LogP contribution in [0.15, 0.2) is 12.1 Å². The van der Waals surface area contributed by atoms with Crippen LogP contribution in [-0.2, 0) is 4.79 Å². The molecule has 0 aliphatic rings. The van der Waals surface area contributed by atoms with Gasteiger partial charge in [0.15, 0.2) is 0 Å². The second-order valence-electron chi connectivity index (χ2n) is 5.81. The van der Waals surface area contributed by atoms with E-state index < -0.39 is 0 Å². The molecule has 3 N–H and O–H groups in total. The van der Waals surface area contributed by atoms with Crippen LogP contribution in [0.1, 0.15) is 39.5 Å². The van der Waals surface area contributed by atoms with Crippen LogP contribution in [0.2, 0.25) is 0 Å². The van der Waals surface area contributed by atoms with Gasteiger partial charge in [-0.1, -0.05) is 13.8 Å². The van der Waals surface area contributed by atoms with Crippen LogP contribution in [-0.4, -0.2) is 55.9 Å². The lowest BCUT2D eigenvalue weighted by Gasteiger charge is -2.24. The molecule has 7 nitrogen and oxygen atoms in total. The van der Waals surface area contributed by atoms with Crippen LogP contribution in [0.3, 0.4) is 0 Å². The van der Waals surface area contributed by atoms with Crippen molar-refractivity contribution in [3.05, 3.63) is 12.1 Å². The normalized spacial score (nSPS) is 10.4. The number of pyridine rings is 1. The van der Waals surface area contributed by atoms with Gasteiger partial charge >= 0.3 is 0 Å². The molecule has 0 saturated carbocycles. The Morgan fingerprint density at radius 3 is 2.60 bits per heavy atom. The minimum atomic E-state index is -0.0765. The summed E-state index contributed by atoms with van der Waals surface area (Å²) in [6, 6.07) is 3.98. The second kappa shape index (κ2) is 12.4. The number of ether oxygens (including phenoxy) is 1. The van der Waals surface area contributed by atoms with Gasteiger partial charge in [0.1, 0.15) is 5.82 Å². The number of nitrogens with zero attached hydrogens (tertiary/aromatic N) is 2. The van der Waals surface area contributed by atoms with Gasteiger partial charge in [-0.05, 0) is 19.3 Å². The van der Waals surface area contributed by atoms with Crippen LogP contribution < -0.4 is 20.3 Å². The van der Waals surface area contributed by atoms with Crippen molar-refractivity contribution in [2.45, 2.75) is 39.5 Å². The number of hydrogen-bond acceptors (Lipinski definition) is 6. The molecule has 0 fully saturated rings.